The number of carbonyl (C=O) groups is 1. The van der Waals surface area contributed by atoms with Crippen molar-refractivity contribution in [2.75, 3.05) is 13.2 Å². The van der Waals surface area contributed by atoms with Crippen molar-refractivity contribution in [2.24, 2.45) is 0 Å². The Morgan fingerprint density at radius 1 is 1.38 bits per heavy atom. The quantitative estimate of drug-likeness (QED) is 0.852. The number of benzene rings is 1. The van der Waals surface area contributed by atoms with E-state index in [0.29, 0.717) is 17.7 Å². The van der Waals surface area contributed by atoms with Gasteiger partial charge in [-0.25, -0.2) is 0 Å². The molecule has 108 valence electrons. The first-order chi connectivity index (χ1) is 10.2. The molecular formula is C17H17NO2S. The molecule has 2 aromatic rings. The summed E-state index contributed by atoms with van der Waals surface area (Å²) in [6.45, 7) is 2.31. The number of hydrogen-bond donors (Lipinski definition) is 2. The minimum atomic E-state index is -0.215. The third-order valence-corrected chi connectivity index (χ3v) is 3.73. The normalized spacial score (nSPS) is 9.81. The third-order valence-electron chi connectivity index (χ3n) is 3.00. The van der Waals surface area contributed by atoms with Crippen molar-refractivity contribution in [3.63, 3.8) is 0 Å². The van der Waals surface area contributed by atoms with Crippen LogP contribution >= 0.6 is 11.3 Å². The van der Waals surface area contributed by atoms with E-state index in [1.54, 1.807) is 11.3 Å². The highest BCUT2D eigenvalue weighted by atomic mass is 32.1. The minimum absolute atomic E-state index is 0.129. The van der Waals surface area contributed by atoms with E-state index in [2.05, 4.69) is 28.6 Å². The van der Waals surface area contributed by atoms with Gasteiger partial charge in [0.05, 0.1) is 5.56 Å². The van der Waals surface area contributed by atoms with E-state index in [9.17, 15) is 4.79 Å². The van der Waals surface area contributed by atoms with Gasteiger partial charge in [-0.1, -0.05) is 23.5 Å². The number of aryl methyl sites for hydroxylation is 1. The average Bonchev–Trinajstić information content (AvgIpc) is 2.99. The molecular weight excluding hydrogens is 282 g/mol. The summed E-state index contributed by atoms with van der Waals surface area (Å²) in [6.07, 6.45) is 0.818. The monoisotopic (exact) mass is 299 g/mol. The van der Waals surface area contributed by atoms with E-state index in [4.69, 9.17) is 5.11 Å². The first kappa shape index (κ1) is 15.3. The summed E-state index contributed by atoms with van der Waals surface area (Å²) in [5.74, 6) is 5.27. The van der Waals surface area contributed by atoms with Gasteiger partial charge >= 0.3 is 0 Å². The molecule has 0 aliphatic rings. The average molecular weight is 299 g/mol. The molecule has 3 nitrogen and oxygen atoms in total. The number of carbonyl (C=O) groups excluding carboxylic acids is 1. The summed E-state index contributed by atoms with van der Waals surface area (Å²) in [4.78, 5) is 12.3. The second-order valence-corrected chi connectivity index (χ2v) is 5.43. The lowest BCUT2D eigenvalue weighted by Crippen LogP contribution is -2.26. The lowest BCUT2D eigenvalue weighted by molar-refractivity contribution is 0.0954. The molecule has 2 N–H and O–H groups in total. The van der Waals surface area contributed by atoms with Gasteiger partial charge in [0, 0.05) is 12.1 Å². The Hall–Kier alpha value is -2.09. The fourth-order valence-corrected chi connectivity index (χ4v) is 2.64. The van der Waals surface area contributed by atoms with Crippen molar-refractivity contribution >= 4 is 17.2 Å². The molecule has 1 amide bonds. The number of aliphatic hydroxyl groups excluding tert-OH is 1. The van der Waals surface area contributed by atoms with Gasteiger partial charge in [-0.15, -0.1) is 0 Å². The van der Waals surface area contributed by atoms with Crippen LogP contribution in [0.15, 0.2) is 35.0 Å². The van der Waals surface area contributed by atoms with Crippen molar-refractivity contribution in [1.82, 2.24) is 5.32 Å². The number of amides is 1. The summed E-state index contributed by atoms with van der Waals surface area (Å²) < 4.78 is 0. The summed E-state index contributed by atoms with van der Waals surface area (Å²) in [7, 11) is 0. The van der Waals surface area contributed by atoms with Gasteiger partial charge in [-0.05, 0) is 47.9 Å². The molecule has 0 bridgehead atoms. The summed E-state index contributed by atoms with van der Waals surface area (Å²) in [5.41, 5.74) is 3.43. The SMILES string of the molecule is Cc1ccc(C#CCO)c(C(=O)NCCc2ccsc2)c1. The highest BCUT2D eigenvalue weighted by molar-refractivity contribution is 7.07. The molecule has 0 radical (unpaired) electrons. The Bertz CT molecular complexity index is 666. The van der Waals surface area contributed by atoms with Crippen LogP contribution in [0.1, 0.15) is 27.0 Å². The second-order valence-electron chi connectivity index (χ2n) is 4.65. The van der Waals surface area contributed by atoms with Crippen LogP contribution in [0.25, 0.3) is 0 Å². The molecule has 0 unspecified atom stereocenters. The predicted molar refractivity (Wildman–Crippen MR) is 85.5 cm³/mol. The van der Waals surface area contributed by atoms with Crippen molar-refractivity contribution in [3.8, 4) is 11.8 Å². The Kier molecular flexibility index (Phi) is 5.56. The molecule has 0 saturated heterocycles. The number of thiophene rings is 1. The maximum absolute atomic E-state index is 12.3. The maximum atomic E-state index is 12.3. The Balaban J connectivity index is 2.05. The first-order valence-corrected chi connectivity index (χ1v) is 7.64. The zero-order chi connectivity index (χ0) is 15.1. The minimum Gasteiger partial charge on any atom is -0.384 e. The first-order valence-electron chi connectivity index (χ1n) is 6.70. The summed E-state index contributed by atoms with van der Waals surface area (Å²) >= 11 is 1.65. The van der Waals surface area contributed by atoms with Crippen molar-refractivity contribution in [3.05, 3.63) is 57.3 Å². The van der Waals surface area contributed by atoms with Crippen molar-refractivity contribution in [1.29, 1.82) is 0 Å². The molecule has 0 saturated carbocycles. The molecule has 21 heavy (non-hydrogen) atoms. The second kappa shape index (κ2) is 7.63. The van der Waals surface area contributed by atoms with Gasteiger partial charge in [0.15, 0.2) is 0 Å². The van der Waals surface area contributed by atoms with Crippen LogP contribution in [0.2, 0.25) is 0 Å². The standard InChI is InChI=1S/C17H17NO2S/c1-13-4-5-15(3-2-9-19)16(11-13)17(20)18-8-6-14-7-10-21-12-14/h4-5,7,10-12,19H,6,8-9H2,1H3,(H,18,20). The van der Waals surface area contributed by atoms with E-state index in [-0.39, 0.29) is 12.5 Å². The highest BCUT2D eigenvalue weighted by Crippen LogP contribution is 2.11. The molecule has 1 aromatic heterocycles. The summed E-state index contributed by atoms with van der Waals surface area (Å²) in [6, 6.07) is 7.60. The van der Waals surface area contributed by atoms with E-state index < -0.39 is 0 Å². The third kappa shape index (κ3) is 4.45. The number of aliphatic hydroxyl groups is 1. The molecule has 0 spiro atoms. The van der Waals surface area contributed by atoms with Gasteiger partial charge in [0.25, 0.3) is 5.91 Å². The van der Waals surface area contributed by atoms with E-state index in [1.165, 1.54) is 5.56 Å². The lowest BCUT2D eigenvalue weighted by atomic mass is 10.0. The van der Waals surface area contributed by atoms with Gasteiger partial charge in [0.1, 0.15) is 6.61 Å². The molecule has 0 aliphatic heterocycles. The molecule has 1 aromatic carbocycles. The highest BCUT2D eigenvalue weighted by Gasteiger charge is 2.10. The fourth-order valence-electron chi connectivity index (χ4n) is 1.94. The van der Waals surface area contributed by atoms with E-state index >= 15 is 0 Å². The maximum Gasteiger partial charge on any atom is 0.252 e. The van der Waals surface area contributed by atoms with E-state index in [1.807, 2.05) is 30.5 Å². The van der Waals surface area contributed by atoms with Gasteiger partial charge in [-0.2, -0.15) is 11.3 Å². The van der Waals surface area contributed by atoms with Gasteiger partial charge < -0.3 is 10.4 Å². The summed E-state index contributed by atoms with van der Waals surface area (Å²) in [5, 5.41) is 15.8. The van der Waals surface area contributed by atoms with Crippen LogP contribution in [0.4, 0.5) is 0 Å². The molecule has 2 rings (SSSR count). The Morgan fingerprint density at radius 3 is 2.95 bits per heavy atom. The largest absolute Gasteiger partial charge is 0.384 e. The number of nitrogens with one attached hydrogen (secondary N) is 1. The molecule has 4 heteroatoms. The van der Waals surface area contributed by atoms with Crippen LogP contribution in [-0.4, -0.2) is 24.2 Å². The number of hydrogen-bond acceptors (Lipinski definition) is 3. The van der Waals surface area contributed by atoms with Crippen LogP contribution in [0.5, 0.6) is 0 Å². The van der Waals surface area contributed by atoms with E-state index in [0.717, 1.165) is 12.0 Å². The van der Waals surface area contributed by atoms with Crippen molar-refractivity contribution in [2.45, 2.75) is 13.3 Å². The molecule has 0 aliphatic carbocycles. The molecule has 1 heterocycles. The smallest absolute Gasteiger partial charge is 0.252 e. The van der Waals surface area contributed by atoms with Crippen LogP contribution in [0.3, 0.4) is 0 Å². The van der Waals surface area contributed by atoms with Gasteiger partial charge in [-0.3, -0.25) is 4.79 Å². The Labute approximate surface area is 128 Å². The van der Waals surface area contributed by atoms with Crippen LogP contribution in [0, 0.1) is 18.8 Å². The number of rotatable bonds is 4. The van der Waals surface area contributed by atoms with Crippen LogP contribution in [-0.2, 0) is 6.42 Å². The zero-order valence-corrected chi connectivity index (χ0v) is 12.7. The fraction of sp³-hybridized carbons (Fsp3) is 0.235. The topological polar surface area (TPSA) is 49.3 Å². The lowest BCUT2D eigenvalue weighted by Gasteiger charge is -2.07. The van der Waals surface area contributed by atoms with Crippen molar-refractivity contribution < 1.29 is 9.90 Å². The van der Waals surface area contributed by atoms with Crippen LogP contribution < -0.4 is 5.32 Å². The molecule has 0 atom stereocenters. The Morgan fingerprint density at radius 2 is 2.24 bits per heavy atom. The predicted octanol–water partition coefficient (Wildman–Crippen LogP) is 2.37. The van der Waals surface area contributed by atoms with Gasteiger partial charge in [0.2, 0.25) is 0 Å². The zero-order valence-electron chi connectivity index (χ0n) is 11.8. The molecule has 0 fully saturated rings.